The van der Waals surface area contributed by atoms with Crippen molar-refractivity contribution in [1.82, 2.24) is 4.90 Å². The van der Waals surface area contributed by atoms with Crippen LogP contribution in [0.1, 0.15) is 86.5 Å². The van der Waals surface area contributed by atoms with E-state index in [9.17, 15) is 14.4 Å². The minimum Gasteiger partial charge on any atom is -0.443 e. The number of ketones is 2. The summed E-state index contributed by atoms with van der Waals surface area (Å²) in [5, 5.41) is 0. The van der Waals surface area contributed by atoms with E-state index in [1.54, 1.807) is 6.08 Å². The van der Waals surface area contributed by atoms with Crippen molar-refractivity contribution in [2.24, 2.45) is 45.8 Å². The minimum atomic E-state index is -0.817. The molecule has 196 valence electrons. The standard InChI is InChI=1S/C30H41NO5/c1-16-10-20-23(21(32)11-16)18(3)24(34)25-26(20,4)15-30-28(6,27(25,5)13-22(33)36-30)7-8-29-12-17(2)9-19(35-29)14-31(29)30/h11,17-20,23,25H,7-10,12-15H2,1-6H3. The van der Waals surface area contributed by atoms with Crippen LogP contribution in [0.3, 0.4) is 0 Å². The van der Waals surface area contributed by atoms with Crippen molar-refractivity contribution in [3.05, 3.63) is 11.6 Å². The van der Waals surface area contributed by atoms with E-state index in [4.69, 9.17) is 9.47 Å². The second-order valence-corrected chi connectivity index (χ2v) is 14.6. The number of carbonyl (C=O) groups excluding carboxylic acids is 3. The fraction of sp³-hybridized carbons (Fsp3) is 0.833. The van der Waals surface area contributed by atoms with Crippen LogP contribution in [0.4, 0.5) is 0 Å². The van der Waals surface area contributed by atoms with E-state index in [2.05, 4.69) is 39.5 Å². The van der Waals surface area contributed by atoms with Crippen LogP contribution in [0.25, 0.3) is 0 Å². The molecule has 1 spiro atoms. The van der Waals surface area contributed by atoms with Crippen LogP contribution in [-0.4, -0.2) is 46.5 Å². The Morgan fingerprint density at radius 1 is 1.08 bits per heavy atom. The molecule has 4 heterocycles. The van der Waals surface area contributed by atoms with E-state index in [0.29, 0.717) is 12.3 Å². The molecule has 6 nitrogen and oxygen atoms in total. The molecule has 0 amide bonds. The molecule has 4 aliphatic heterocycles. The fourth-order valence-corrected chi connectivity index (χ4v) is 11.3. The lowest BCUT2D eigenvalue weighted by Gasteiger charge is -2.76. The zero-order valence-electron chi connectivity index (χ0n) is 22.7. The van der Waals surface area contributed by atoms with Crippen molar-refractivity contribution < 1.29 is 23.9 Å². The van der Waals surface area contributed by atoms with Gasteiger partial charge in [0.2, 0.25) is 0 Å². The fourth-order valence-electron chi connectivity index (χ4n) is 11.3. The molecule has 11 unspecified atom stereocenters. The topological polar surface area (TPSA) is 72.9 Å². The summed E-state index contributed by atoms with van der Waals surface area (Å²) >= 11 is 0. The van der Waals surface area contributed by atoms with Gasteiger partial charge in [0.25, 0.3) is 0 Å². The summed E-state index contributed by atoms with van der Waals surface area (Å²) in [5.74, 6) is -0.101. The van der Waals surface area contributed by atoms with Crippen molar-refractivity contribution >= 4 is 17.5 Å². The smallest absolute Gasteiger partial charge is 0.308 e. The van der Waals surface area contributed by atoms with Crippen LogP contribution < -0.4 is 0 Å². The maximum absolute atomic E-state index is 14.4. The SMILES string of the molecule is CC1=CC(=O)C2C(C)C(=O)C3C(C)(CC45OC(=O)CC3(C)C4(C)CCC34CC(C)CC(CN35)O4)C2C1. The highest BCUT2D eigenvalue weighted by atomic mass is 16.6. The molecule has 0 aromatic carbocycles. The molecule has 0 aromatic heterocycles. The number of hydrogen-bond acceptors (Lipinski definition) is 6. The van der Waals surface area contributed by atoms with Crippen LogP contribution in [-0.2, 0) is 23.9 Å². The van der Waals surface area contributed by atoms with Crippen LogP contribution in [0.2, 0.25) is 0 Å². The molecular weight excluding hydrogens is 454 g/mol. The predicted octanol–water partition coefficient (Wildman–Crippen LogP) is 4.66. The molecule has 36 heavy (non-hydrogen) atoms. The number of Topliss-reactive ketones (excluding diaryl/α,β-unsaturated/α-hetero) is 1. The number of esters is 1. The van der Waals surface area contributed by atoms with Crippen molar-refractivity contribution in [3.8, 4) is 0 Å². The zero-order chi connectivity index (χ0) is 25.6. The monoisotopic (exact) mass is 495 g/mol. The number of rotatable bonds is 0. The summed E-state index contributed by atoms with van der Waals surface area (Å²) in [4.78, 5) is 43.7. The molecule has 4 saturated heterocycles. The number of ether oxygens (including phenoxy) is 2. The summed E-state index contributed by atoms with van der Waals surface area (Å²) in [7, 11) is 0. The first-order valence-corrected chi connectivity index (χ1v) is 14.2. The number of allylic oxidation sites excluding steroid dienone is 2. The van der Waals surface area contributed by atoms with Crippen molar-refractivity contribution in [2.75, 3.05) is 6.54 Å². The van der Waals surface area contributed by atoms with Crippen LogP contribution in [0, 0.1) is 45.8 Å². The third-order valence-corrected chi connectivity index (χ3v) is 12.7. The van der Waals surface area contributed by atoms with Gasteiger partial charge in [-0.2, -0.15) is 0 Å². The quantitative estimate of drug-likeness (QED) is 0.455. The molecule has 0 radical (unpaired) electrons. The normalized spacial score (nSPS) is 57.7. The summed E-state index contributed by atoms with van der Waals surface area (Å²) in [6.07, 6.45) is 7.43. The number of piperidine rings is 1. The molecule has 11 atom stereocenters. The predicted molar refractivity (Wildman–Crippen MR) is 132 cm³/mol. The molecule has 2 saturated carbocycles. The third-order valence-electron chi connectivity index (χ3n) is 12.7. The van der Waals surface area contributed by atoms with E-state index in [1.807, 2.05) is 6.92 Å². The Morgan fingerprint density at radius 2 is 1.83 bits per heavy atom. The van der Waals surface area contributed by atoms with E-state index in [-0.39, 0.29) is 59.1 Å². The van der Waals surface area contributed by atoms with Crippen molar-refractivity contribution in [1.29, 1.82) is 0 Å². The Labute approximate surface area is 214 Å². The average molecular weight is 496 g/mol. The molecule has 3 aliphatic carbocycles. The van der Waals surface area contributed by atoms with Gasteiger partial charge in [0.05, 0.1) is 12.5 Å². The Hall–Kier alpha value is -1.53. The van der Waals surface area contributed by atoms with Gasteiger partial charge >= 0.3 is 5.97 Å². The third kappa shape index (κ3) is 2.41. The van der Waals surface area contributed by atoms with Crippen LogP contribution in [0.5, 0.6) is 0 Å². The Balaban J connectivity index is 1.46. The molecule has 7 aliphatic rings. The largest absolute Gasteiger partial charge is 0.443 e. The number of nitrogens with zero attached hydrogens (tertiary/aromatic N) is 1. The highest BCUT2D eigenvalue weighted by molar-refractivity contribution is 6.00. The summed E-state index contributed by atoms with van der Waals surface area (Å²) < 4.78 is 13.4. The van der Waals surface area contributed by atoms with Crippen LogP contribution in [0.15, 0.2) is 11.6 Å². The maximum atomic E-state index is 14.4. The molecule has 4 bridgehead atoms. The zero-order valence-corrected chi connectivity index (χ0v) is 22.7. The van der Waals surface area contributed by atoms with E-state index >= 15 is 0 Å². The highest BCUT2D eigenvalue weighted by Gasteiger charge is 2.82. The highest BCUT2D eigenvalue weighted by Crippen LogP contribution is 2.78. The van der Waals surface area contributed by atoms with E-state index in [1.165, 1.54) is 0 Å². The van der Waals surface area contributed by atoms with Gasteiger partial charge in [-0.1, -0.05) is 40.2 Å². The molecule has 7 rings (SSSR count). The van der Waals surface area contributed by atoms with Gasteiger partial charge < -0.3 is 9.47 Å². The van der Waals surface area contributed by atoms with Gasteiger partial charge in [0, 0.05) is 36.1 Å². The lowest BCUT2D eigenvalue weighted by molar-refractivity contribution is -0.379. The van der Waals surface area contributed by atoms with E-state index < -0.39 is 22.3 Å². The van der Waals surface area contributed by atoms with Crippen LogP contribution >= 0.6 is 0 Å². The second-order valence-electron chi connectivity index (χ2n) is 14.6. The first-order chi connectivity index (χ1) is 16.8. The first-order valence-electron chi connectivity index (χ1n) is 14.2. The summed E-state index contributed by atoms with van der Waals surface area (Å²) in [5.41, 5.74) is -1.44. The molecule has 0 aromatic rings. The summed E-state index contributed by atoms with van der Waals surface area (Å²) in [6, 6.07) is 0. The van der Waals surface area contributed by atoms with Gasteiger partial charge in [-0.05, 0) is 67.8 Å². The molecule has 6 fully saturated rings. The van der Waals surface area contributed by atoms with Crippen molar-refractivity contribution in [2.45, 2.75) is 104 Å². The lowest BCUT2D eigenvalue weighted by atomic mass is 9.33. The Morgan fingerprint density at radius 3 is 2.58 bits per heavy atom. The van der Waals surface area contributed by atoms with Gasteiger partial charge in [-0.25, -0.2) is 4.90 Å². The molecule has 0 N–H and O–H groups in total. The van der Waals surface area contributed by atoms with Crippen molar-refractivity contribution in [3.63, 3.8) is 0 Å². The molecule has 6 heteroatoms. The second kappa shape index (κ2) is 6.72. The number of hydrogen-bond donors (Lipinski definition) is 0. The maximum Gasteiger partial charge on any atom is 0.308 e. The average Bonchev–Trinajstić information content (AvgIpc) is 3.04. The number of carbonyl (C=O) groups is 3. The summed E-state index contributed by atoms with van der Waals surface area (Å²) in [6.45, 7) is 13.9. The van der Waals surface area contributed by atoms with Gasteiger partial charge in [-0.3, -0.25) is 14.4 Å². The number of fused-ring (bicyclic) bond motifs is 5. The van der Waals surface area contributed by atoms with E-state index in [0.717, 1.165) is 44.2 Å². The molecular formula is C30H41NO5. The van der Waals surface area contributed by atoms with Gasteiger partial charge in [0.1, 0.15) is 11.5 Å². The minimum absolute atomic E-state index is 0.0740. The Kier molecular flexibility index (Phi) is 4.40. The van der Waals surface area contributed by atoms with Gasteiger partial charge in [0.15, 0.2) is 11.5 Å². The van der Waals surface area contributed by atoms with Gasteiger partial charge in [-0.15, -0.1) is 0 Å². The Bertz CT molecular complexity index is 1130. The lowest BCUT2D eigenvalue weighted by Crippen LogP contribution is -2.83. The first kappa shape index (κ1) is 23.6.